The lowest BCUT2D eigenvalue weighted by Crippen LogP contribution is -2.30. The largest absolute Gasteiger partial charge is 0.322 e. The predicted octanol–water partition coefficient (Wildman–Crippen LogP) is 4.25. The summed E-state index contributed by atoms with van der Waals surface area (Å²) in [5, 5.41) is 2.84. The van der Waals surface area contributed by atoms with Crippen LogP contribution in [0.4, 0.5) is 5.69 Å². The summed E-state index contributed by atoms with van der Waals surface area (Å²) in [6.45, 7) is 4.42. The highest BCUT2D eigenvalue weighted by Gasteiger charge is 2.35. The van der Waals surface area contributed by atoms with Crippen molar-refractivity contribution in [1.82, 2.24) is 4.90 Å². The average molecular weight is 462 g/mol. The fraction of sp³-hybridized carbons (Fsp3) is 0.250. The van der Waals surface area contributed by atoms with Gasteiger partial charge in [-0.1, -0.05) is 19.4 Å². The van der Waals surface area contributed by atoms with Gasteiger partial charge in [-0.15, -0.1) is 0 Å². The maximum absolute atomic E-state index is 12.5. The number of aryl methyl sites for hydroxylation is 1. The van der Waals surface area contributed by atoms with Gasteiger partial charge in [-0.25, -0.2) is 0 Å². The van der Waals surface area contributed by atoms with E-state index in [4.69, 9.17) is 0 Å². The van der Waals surface area contributed by atoms with Gasteiger partial charge in [-0.2, -0.15) is 0 Å². The minimum atomic E-state index is -0.321. The number of imide groups is 1. The Morgan fingerprint density at radius 2 is 1.81 bits per heavy atom. The van der Waals surface area contributed by atoms with Gasteiger partial charge < -0.3 is 5.32 Å². The van der Waals surface area contributed by atoms with Gasteiger partial charge in [0, 0.05) is 21.4 Å². The Balaban J connectivity index is 1.82. The van der Waals surface area contributed by atoms with Crippen molar-refractivity contribution in [2.24, 2.45) is 0 Å². The number of unbranched alkanes of at least 4 members (excludes halogenated alkanes) is 1. The van der Waals surface area contributed by atoms with Crippen LogP contribution in [-0.4, -0.2) is 29.2 Å². The van der Waals surface area contributed by atoms with E-state index < -0.39 is 0 Å². The number of rotatable bonds is 5. The number of carbonyl (C=O) groups is 3. The molecule has 0 saturated heterocycles. The predicted molar refractivity (Wildman–Crippen MR) is 109 cm³/mol. The molecule has 1 aliphatic rings. The molecule has 134 valence electrons. The van der Waals surface area contributed by atoms with Crippen molar-refractivity contribution in [3.63, 3.8) is 0 Å². The second-order valence-corrected chi connectivity index (χ2v) is 7.46. The molecule has 1 N–H and O–H groups in total. The maximum Gasteiger partial charge on any atom is 0.261 e. The molecule has 0 fully saturated rings. The molecule has 0 bridgehead atoms. The van der Waals surface area contributed by atoms with Crippen LogP contribution in [0.1, 0.15) is 56.4 Å². The van der Waals surface area contributed by atoms with E-state index in [1.165, 1.54) is 11.0 Å². The molecular formula is C20H19IN2O3. The zero-order chi connectivity index (χ0) is 18.8. The molecule has 0 aromatic heterocycles. The first-order valence-corrected chi connectivity index (χ1v) is 9.58. The molecule has 0 radical (unpaired) electrons. The number of fused-ring (bicyclic) bond motifs is 1. The third kappa shape index (κ3) is 3.51. The van der Waals surface area contributed by atoms with E-state index in [9.17, 15) is 14.4 Å². The Labute approximate surface area is 165 Å². The standard InChI is InChI=1S/C20H19IN2O3/c1-3-4-9-23-19(25)15-8-6-13(10-16(15)20(23)26)18(24)22-14-7-5-12(2)17(21)11-14/h5-8,10-11H,3-4,9H2,1-2H3,(H,22,24). The zero-order valence-electron chi connectivity index (χ0n) is 14.6. The number of halogens is 1. The summed E-state index contributed by atoms with van der Waals surface area (Å²) in [5.74, 6) is -0.906. The molecule has 0 aliphatic carbocycles. The highest BCUT2D eigenvalue weighted by atomic mass is 127. The Bertz CT molecular complexity index is 908. The SMILES string of the molecule is CCCCN1C(=O)c2ccc(C(=O)Nc3ccc(C)c(I)c3)cc2C1=O. The molecule has 5 nitrogen and oxygen atoms in total. The van der Waals surface area contributed by atoms with Crippen LogP contribution in [0.3, 0.4) is 0 Å². The molecule has 0 saturated carbocycles. The number of hydrogen-bond donors (Lipinski definition) is 1. The third-order valence-electron chi connectivity index (χ3n) is 4.40. The van der Waals surface area contributed by atoms with Crippen LogP contribution in [0.15, 0.2) is 36.4 Å². The van der Waals surface area contributed by atoms with Gasteiger partial charge in [0.2, 0.25) is 0 Å². The number of amides is 3. The van der Waals surface area contributed by atoms with E-state index in [-0.39, 0.29) is 17.7 Å². The summed E-state index contributed by atoms with van der Waals surface area (Å²) >= 11 is 2.21. The molecule has 3 amide bonds. The molecule has 3 rings (SSSR count). The van der Waals surface area contributed by atoms with E-state index in [1.54, 1.807) is 12.1 Å². The van der Waals surface area contributed by atoms with Crippen molar-refractivity contribution < 1.29 is 14.4 Å². The van der Waals surface area contributed by atoms with Crippen molar-refractivity contribution in [2.45, 2.75) is 26.7 Å². The summed E-state index contributed by atoms with van der Waals surface area (Å²) in [4.78, 5) is 38.6. The lowest BCUT2D eigenvalue weighted by Gasteiger charge is -2.12. The van der Waals surface area contributed by atoms with Crippen LogP contribution < -0.4 is 5.32 Å². The Morgan fingerprint density at radius 1 is 1.08 bits per heavy atom. The van der Waals surface area contributed by atoms with Crippen LogP contribution in [-0.2, 0) is 0 Å². The van der Waals surface area contributed by atoms with E-state index in [2.05, 4.69) is 27.9 Å². The van der Waals surface area contributed by atoms with Gasteiger partial charge in [0.05, 0.1) is 11.1 Å². The third-order valence-corrected chi connectivity index (χ3v) is 5.56. The average Bonchev–Trinajstić information content (AvgIpc) is 2.86. The minimum absolute atomic E-state index is 0.279. The van der Waals surface area contributed by atoms with E-state index >= 15 is 0 Å². The van der Waals surface area contributed by atoms with Crippen LogP contribution >= 0.6 is 22.6 Å². The van der Waals surface area contributed by atoms with E-state index in [0.717, 1.165) is 22.0 Å². The number of carbonyl (C=O) groups excluding carboxylic acids is 3. The lowest BCUT2D eigenvalue weighted by atomic mass is 10.1. The van der Waals surface area contributed by atoms with Gasteiger partial charge in [0.1, 0.15) is 0 Å². The second-order valence-electron chi connectivity index (χ2n) is 6.29. The fourth-order valence-electron chi connectivity index (χ4n) is 2.83. The minimum Gasteiger partial charge on any atom is -0.322 e. The quantitative estimate of drug-likeness (QED) is 0.534. The number of anilines is 1. The van der Waals surface area contributed by atoms with Crippen molar-refractivity contribution in [3.05, 3.63) is 62.2 Å². The first kappa shape index (κ1) is 18.6. The fourth-order valence-corrected chi connectivity index (χ4v) is 3.34. The van der Waals surface area contributed by atoms with E-state index in [1.807, 2.05) is 32.0 Å². The van der Waals surface area contributed by atoms with Crippen LogP contribution in [0, 0.1) is 10.5 Å². The monoisotopic (exact) mass is 462 g/mol. The van der Waals surface area contributed by atoms with Crippen LogP contribution in [0.2, 0.25) is 0 Å². The lowest BCUT2D eigenvalue weighted by molar-refractivity contribution is 0.0652. The number of hydrogen-bond acceptors (Lipinski definition) is 3. The van der Waals surface area contributed by atoms with Gasteiger partial charge in [0.15, 0.2) is 0 Å². The molecule has 6 heteroatoms. The summed E-state index contributed by atoms with van der Waals surface area (Å²) in [5.41, 5.74) is 2.86. The molecule has 0 unspecified atom stereocenters. The Morgan fingerprint density at radius 3 is 2.50 bits per heavy atom. The topological polar surface area (TPSA) is 66.5 Å². The number of benzene rings is 2. The first-order chi connectivity index (χ1) is 12.4. The first-order valence-electron chi connectivity index (χ1n) is 8.50. The van der Waals surface area contributed by atoms with Crippen molar-refractivity contribution in [3.8, 4) is 0 Å². The maximum atomic E-state index is 12.5. The Kier molecular flexibility index (Phi) is 5.41. The summed E-state index contributed by atoms with van der Waals surface area (Å²) in [7, 11) is 0. The van der Waals surface area contributed by atoms with Gasteiger partial charge in [-0.3, -0.25) is 19.3 Å². The van der Waals surface area contributed by atoms with Crippen molar-refractivity contribution in [1.29, 1.82) is 0 Å². The molecule has 2 aromatic rings. The molecule has 1 aliphatic heterocycles. The van der Waals surface area contributed by atoms with Crippen molar-refractivity contribution in [2.75, 3.05) is 11.9 Å². The number of nitrogens with one attached hydrogen (secondary N) is 1. The van der Waals surface area contributed by atoms with Crippen LogP contribution in [0.25, 0.3) is 0 Å². The highest BCUT2D eigenvalue weighted by Crippen LogP contribution is 2.25. The van der Waals surface area contributed by atoms with Gasteiger partial charge in [0.25, 0.3) is 17.7 Å². The smallest absolute Gasteiger partial charge is 0.261 e. The molecule has 26 heavy (non-hydrogen) atoms. The molecule has 1 heterocycles. The Hall–Kier alpha value is -2.22. The van der Waals surface area contributed by atoms with Gasteiger partial charge in [-0.05, 0) is 71.8 Å². The molecular weight excluding hydrogens is 443 g/mol. The second kappa shape index (κ2) is 7.57. The zero-order valence-corrected chi connectivity index (χ0v) is 16.8. The number of nitrogens with zero attached hydrogens (tertiary/aromatic N) is 1. The normalized spacial score (nSPS) is 13.1. The molecule has 2 aromatic carbocycles. The van der Waals surface area contributed by atoms with Crippen molar-refractivity contribution >= 4 is 46.0 Å². The summed E-state index contributed by atoms with van der Waals surface area (Å²) < 4.78 is 1.06. The van der Waals surface area contributed by atoms with Gasteiger partial charge >= 0.3 is 0 Å². The highest BCUT2D eigenvalue weighted by molar-refractivity contribution is 14.1. The molecule has 0 spiro atoms. The molecule has 0 atom stereocenters. The summed E-state index contributed by atoms with van der Waals surface area (Å²) in [6, 6.07) is 10.3. The van der Waals surface area contributed by atoms with E-state index in [0.29, 0.717) is 28.9 Å². The van der Waals surface area contributed by atoms with Crippen LogP contribution in [0.5, 0.6) is 0 Å². The summed E-state index contributed by atoms with van der Waals surface area (Å²) in [6.07, 6.45) is 1.67.